The van der Waals surface area contributed by atoms with Crippen molar-refractivity contribution < 1.29 is 0 Å². The zero-order valence-corrected chi connectivity index (χ0v) is 9.99. The zero-order chi connectivity index (χ0) is 11.8. The van der Waals surface area contributed by atoms with Crippen LogP contribution in [0.3, 0.4) is 0 Å². The van der Waals surface area contributed by atoms with E-state index in [4.69, 9.17) is 0 Å². The van der Waals surface area contributed by atoms with E-state index in [0.29, 0.717) is 0 Å². The molecular weight excluding hydrogens is 208 g/mol. The van der Waals surface area contributed by atoms with Gasteiger partial charge in [-0.2, -0.15) is 0 Å². The number of aromatic amines is 1. The van der Waals surface area contributed by atoms with Gasteiger partial charge in [-0.25, -0.2) is 4.98 Å². The molecule has 0 saturated carbocycles. The van der Waals surface area contributed by atoms with Gasteiger partial charge in [0.25, 0.3) is 0 Å². The molecule has 1 N–H and O–H groups in total. The van der Waals surface area contributed by atoms with Gasteiger partial charge in [0, 0.05) is 5.56 Å². The van der Waals surface area contributed by atoms with Crippen molar-refractivity contribution in [1.29, 1.82) is 0 Å². The molecular formula is C15H14N2. The zero-order valence-electron chi connectivity index (χ0n) is 9.99. The lowest BCUT2D eigenvalue weighted by Crippen LogP contribution is -1.84. The average Bonchev–Trinajstić information content (AvgIpc) is 2.75. The summed E-state index contributed by atoms with van der Waals surface area (Å²) in [6.45, 7) is 4.19. The number of hydrogen-bond acceptors (Lipinski definition) is 1. The minimum atomic E-state index is 0.951. The minimum absolute atomic E-state index is 0.951. The van der Waals surface area contributed by atoms with Crippen molar-refractivity contribution in [2.24, 2.45) is 0 Å². The van der Waals surface area contributed by atoms with E-state index >= 15 is 0 Å². The van der Waals surface area contributed by atoms with Gasteiger partial charge < -0.3 is 4.98 Å². The molecule has 84 valence electrons. The molecule has 0 bridgehead atoms. The maximum absolute atomic E-state index is 4.69. The summed E-state index contributed by atoms with van der Waals surface area (Å²) < 4.78 is 0. The number of aromatic nitrogens is 2. The summed E-state index contributed by atoms with van der Waals surface area (Å²) in [4.78, 5) is 8.07. The van der Waals surface area contributed by atoms with Crippen molar-refractivity contribution in [1.82, 2.24) is 9.97 Å². The van der Waals surface area contributed by atoms with Crippen molar-refractivity contribution in [2.75, 3.05) is 0 Å². The van der Waals surface area contributed by atoms with Crippen LogP contribution >= 0.6 is 0 Å². The van der Waals surface area contributed by atoms with Crippen LogP contribution in [0.25, 0.3) is 22.4 Å². The third-order valence-electron chi connectivity index (χ3n) is 3.11. The second kappa shape index (κ2) is 3.74. The van der Waals surface area contributed by atoms with Crippen LogP contribution in [0.5, 0.6) is 0 Å². The normalized spacial score (nSPS) is 10.9. The number of benzene rings is 2. The Balaban J connectivity index is 2.26. The van der Waals surface area contributed by atoms with E-state index in [2.05, 4.69) is 54.1 Å². The quantitative estimate of drug-likeness (QED) is 0.665. The lowest BCUT2D eigenvalue weighted by molar-refractivity contribution is 1.30. The second-order valence-corrected chi connectivity index (χ2v) is 4.37. The molecule has 0 atom stereocenters. The third kappa shape index (κ3) is 1.62. The van der Waals surface area contributed by atoms with Crippen LogP contribution in [-0.2, 0) is 0 Å². The fourth-order valence-corrected chi connectivity index (χ4v) is 2.14. The van der Waals surface area contributed by atoms with E-state index in [1.165, 1.54) is 16.7 Å². The first-order valence-corrected chi connectivity index (χ1v) is 5.77. The van der Waals surface area contributed by atoms with Crippen LogP contribution in [-0.4, -0.2) is 9.97 Å². The summed E-state index contributed by atoms with van der Waals surface area (Å²) in [7, 11) is 0. The minimum Gasteiger partial charge on any atom is -0.338 e. The van der Waals surface area contributed by atoms with Crippen molar-refractivity contribution in [3.8, 4) is 11.4 Å². The number of imidazole rings is 1. The van der Waals surface area contributed by atoms with Crippen LogP contribution in [0.4, 0.5) is 0 Å². The van der Waals surface area contributed by atoms with E-state index in [1.807, 2.05) is 12.1 Å². The molecule has 0 aliphatic carbocycles. The first kappa shape index (κ1) is 10.1. The second-order valence-electron chi connectivity index (χ2n) is 4.37. The molecule has 1 heterocycles. The van der Waals surface area contributed by atoms with Crippen LogP contribution in [0.1, 0.15) is 11.1 Å². The van der Waals surface area contributed by atoms with Crippen LogP contribution < -0.4 is 0 Å². The Labute approximate surface area is 100 Å². The standard InChI is InChI=1S/C15H14N2/c1-10-6-3-4-8-12(10)15-16-13-9-5-7-11(2)14(13)17-15/h3-9H,1-2H3,(H,16,17). The molecule has 0 radical (unpaired) electrons. The molecule has 17 heavy (non-hydrogen) atoms. The molecule has 1 aromatic heterocycles. The van der Waals surface area contributed by atoms with E-state index < -0.39 is 0 Å². The number of nitrogens with zero attached hydrogens (tertiary/aromatic N) is 1. The van der Waals surface area contributed by atoms with E-state index in [1.54, 1.807) is 0 Å². The van der Waals surface area contributed by atoms with Gasteiger partial charge >= 0.3 is 0 Å². The molecule has 2 aromatic carbocycles. The lowest BCUT2D eigenvalue weighted by Gasteiger charge is -2.00. The summed E-state index contributed by atoms with van der Waals surface area (Å²) in [6.07, 6.45) is 0. The number of nitrogens with one attached hydrogen (secondary N) is 1. The van der Waals surface area contributed by atoms with Crippen LogP contribution in [0, 0.1) is 13.8 Å². The Morgan fingerprint density at radius 3 is 2.41 bits per heavy atom. The Morgan fingerprint density at radius 1 is 0.882 bits per heavy atom. The van der Waals surface area contributed by atoms with Gasteiger partial charge in [-0.05, 0) is 31.0 Å². The highest BCUT2D eigenvalue weighted by Gasteiger charge is 2.08. The first-order valence-electron chi connectivity index (χ1n) is 5.77. The Kier molecular flexibility index (Phi) is 2.22. The summed E-state index contributed by atoms with van der Waals surface area (Å²) in [5.41, 5.74) is 5.78. The SMILES string of the molecule is Cc1ccccc1-c1nc2c(C)cccc2[nH]1. The molecule has 0 unspecified atom stereocenters. The van der Waals surface area contributed by atoms with E-state index in [-0.39, 0.29) is 0 Å². The smallest absolute Gasteiger partial charge is 0.138 e. The lowest BCUT2D eigenvalue weighted by atomic mass is 10.1. The monoisotopic (exact) mass is 222 g/mol. The first-order chi connectivity index (χ1) is 8.25. The molecule has 0 spiro atoms. The van der Waals surface area contributed by atoms with Crippen molar-refractivity contribution in [2.45, 2.75) is 13.8 Å². The van der Waals surface area contributed by atoms with E-state index in [9.17, 15) is 0 Å². The highest BCUT2D eigenvalue weighted by Crippen LogP contribution is 2.24. The largest absolute Gasteiger partial charge is 0.338 e. The highest BCUT2D eigenvalue weighted by molar-refractivity contribution is 5.82. The Bertz CT molecular complexity index is 680. The number of fused-ring (bicyclic) bond motifs is 1. The van der Waals surface area contributed by atoms with Crippen molar-refractivity contribution in [3.05, 3.63) is 53.6 Å². The van der Waals surface area contributed by atoms with Gasteiger partial charge in [0.2, 0.25) is 0 Å². The van der Waals surface area contributed by atoms with Gasteiger partial charge in [-0.15, -0.1) is 0 Å². The molecule has 0 aliphatic rings. The van der Waals surface area contributed by atoms with E-state index in [0.717, 1.165) is 16.9 Å². The van der Waals surface area contributed by atoms with Gasteiger partial charge in [0.05, 0.1) is 11.0 Å². The summed E-state index contributed by atoms with van der Waals surface area (Å²) >= 11 is 0. The molecule has 0 fully saturated rings. The molecule has 0 saturated heterocycles. The van der Waals surface area contributed by atoms with Crippen molar-refractivity contribution in [3.63, 3.8) is 0 Å². The number of aryl methyl sites for hydroxylation is 2. The maximum Gasteiger partial charge on any atom is 0.138 e. The maximum atomic E-state index is 4.69. The summed E-state index contributed by atoms with van der Waals surface area (Å²) in [6, 6.07) is 14.5. The molecule has 0 aliphatic heterocycles. The number of H-pyrrole nitrogens is 1. The Hall–Kier alpha value is -2.09. The van der Waals surface area contributed by atoms with Crippen LogP contribution in [0.15, 0.2) is 42.5 Å². The van der Waals surface area contributed by atoms with Crippen LogP contribution in [0.2, 0.25) is 0 Å². The van der Waals surface area contributed by atoms with Gasteiger partial charge in [-0.3, -0.25) is 0 Å². The van der Waals surface area contributed by atoms with Gasteiger partial charge in [-0.1, -0.05) is 36.4 Å². The molecule has 0 amide bonds. The summed E-state index contributed by atoms with van der Waals surface area (Å²) in [5.74, 6) is 0.951. The summed E-state index contributed by atoms with van der Waals surface area (Å²) in [5, 5.41) is 0. The topological polar surface area (TPSA) is 28.7 Å². The molecule has 3 aromatic rings. The number of rotatable bonds is 1. The predicted molar refractivity (Wildman–Crippen MR) is 71.0 cm³/mol. The fraction of sp³-hybridized carbons (Fsp3) is 0.133. The highest BCUT2D eigenvalue weighted by atomic mass is 14.9. The molecule has 3 rings (SSSR count). The molecule has 2 heteroatoms. The van der Waals surface area contributed by atoms with Gasteiger partial charge in [0.15, 0.2) is 0 Å². The Morgan fingerprint density at radius 2 is 1.65 bits per heavy atom. The van der Waals surface area contributed by atoms with Gasteiger partial charge in [0.1, 0.15) is 5.82 Å². The van der Waals surface area contributed by atoms with Crippen molar-refractivity contribution >= 4 is 11.0 Å². The molecule has 2 nitrogen and oxygen atoms in total. The predicted octanol–water partition coefficient (Wildman–Crippen LogP) is 3.85. The number of para-hydroxylation sites is 1. The number of hydrogen-bond donors (Lipinski definition) is 1. The fourth-order valence-electron chi connectivity index (χ4n) is 2.14. The third-order valence-corrected chi connectivity index (χ3v) is 3.11. The average molecular weight is 222 g/mol.